The fourth-order valence-corrected chi connectivity index (χ4v) is 2.13. The van der Waals surface area contributed by atoms with Gasteiger partial charge in [0.05, 0.1) is 15.6 Å². The maximum atomic E-state index is 12.2. The van der Waals surface area contributed by atoms with Gasteiger partial charge in [-0.1, -0.05) is 23.2 Å². The van der Waals surface area contributed by atoms with Crippen LogP contribution < -0.4 is 5.32 Å². The first-order valence-corrected chi connectivity index (χ1v) is 7.29. The molecule has 1 N–H and O–H groups in total. The number of nitro benzene ring substituents is 1. The molecule has 0 saturated heterocycles. The number of amides is 1. The molecule has 0 saturated carbocycles. The third kappa shape index (κ3) is 4.32. The normalized spacial score (nSPS) is 10.8. The van der Waals surface area contributed by atoms with Gasteiger partial charge in [-0.05, 0) is 42.0 Å². The molecule has 120 valence electrons. The predicted octanol–water partition coefficient (Wildman–Crippen LogP) is 4.45. The zero-order chi connectivity index (χ0) is 17.7. The Kier molecular flexibility index (Phi) is 5.53. The Morgan fingerprint density at radius 3 is 2.46 bits per heavy atom. The number of anilines is 1. The van der Waals surface area contributed by atoms with Crippen LogP contribution in [0.4, 0.5) is 11.4 Å². The van der Waals surface area contributed by atoms with Gasteiger partial charge in [-0.15, -0.1) is 0 Å². The number of nitriles is 1. The van der Waals surface area contributed by atoms with Crippen molar-refractivity contribution in [1.82, 2.24) is 0 Å². The Balaban J connectivity index is 2.24. The van der Waals surface area contributed by atoms with Gasteiger partial charge in [-0.3, -0.25) is 14.9 Å². The van der Waals surface area contributed by atoms with Gasteiger partial charge >= 0.3 is 0 Å². The molecule has 24 heavy (non-hydrogen) atoms. The van der Waals surface area contributed by atoms with E-state index >= 15 is 0 Å². The maximum absolute atomic E-state index is 12.2. The first-order valence-electron chi connectivity index (χ1n) is 6.53. The van der Waals surface area contributed by atoms with Crippen molar-refractivity contribution in [2.24, 2.45) is 0 Å². The van der Waals surface area contributed by atoms with E-state index in [1.54, 1.807) is 12.1 Å². The first kappa shape index (κ1) is 17.5. The monoisotopic (exact) mass is 361 g/mol. The van der Waals surface area contributed by atoms with Crippen LogP contribution in [0.2, 0.25) is 10.0 Å². The predicted molar refractivity (Wildman–Crippen MR) is 91.8 cm³/mol. The van der Waals surface area contributed by atoms with Crippen molar-refractivity contribution in [2.75, 3.05) is 5.32 Å². The number of carbonyl (C=O) groups is 1. The highest BCUT2D eigenvalue weighted by Crippen LogP contribution is 2.26. The lowest BCUT2D eigenvalue weighted by Crippen LogP contribution is -2.13. The van der Waals surface area contributed by atoms with Gasteiger partial charge in [0.1, 0.15) is 11.6 Å². The SMILES string of the molecule is N#C/C(=C\c1ccc([N+](=O)[O-])cc1)C(=O)Nc1cc(Cl)ccc1Cl. The lowest BCUT2D eigenvalue weighted by molar-refractivity contribution is -0.384. The Labute approximate surface area is 147 Å². The molecule has 0 atom stereocenters. The number of hydrogen-bond donors (Lipinski definition) is 1. The second-order valence-electron chi connectivity index (χ2n) is 4.60. The van der Waals surface area contributed by atoms with Crippen molar-refractivity contribution in [2.45, 2.75) is 0 Å². The van der Waals surface area contributed by atoms with Crippen LogP contribution in [-0.4, -0.2) is 10.8 Å². The number of rotatable bonds is 4. The van der Waals surface area contributed by atoms with Crippen molar-refractivity contribution in [3.05, 3.63) is 73.8 Å². The van der Waals surface area contributed by atoms with Crippen LogP contribution in [0.25, 0.3) is 6.08 Å². The number of nitrogens with zero attached hydrogens (tertiary/aromatic N) is 2. The first-order chi connectivity index (χ1) is 11.4. The number of non-ortho nitro benzene ring substituents is 1. The molecule has 2 aromatic rings. The van der Waals surface area contributed by atoms with Crippen LogP contribution in [0.15, 0.2) is 48.0 Å². The number of benzene rings is 2. The minimum absolute atomic E-state index is 0.0826. The molecule has 2 aromatic carbocycles. The lowest BCUT2D eigenvalue weighted by Gasteiger charge is -2.07. The van der Waals surface area contributed by atoms with E-state index in [4.69, 9.17) is 28.5 Å². The Bertz CT molecular complexity index is 871. The summed E-state index contributed by atoms with van der Waals surface area (Å²) in [5.74, 6) is -0.667. The van der Waals surface area contributed by atoms with E-state index in [-0.39, 0.29) is 22.0 Å². The van der Waals surface area contributed by atoms with Crippen molar-refractivity contribution in [3.8, 4) is 6.07 Å². The third-order valence-electron chi connectivity index (χ3n) is 2.96. The van der Waals surface area contributed by atoms with E-state index in [0.29, 0.717) is 10.6 Å². The summed E-state index contributed by atoms with van der Waals surface area (Å²) in [7, 11) is 0. The zero-order valence-corrected chi connectivity index (χ0v) is 13.5. The molecule has 0 aliphatic carbocycles. The molecule has 0 unspecified atom stereocenters. The largest absolute Gasteiger partial charge is 0.320 e. The summed E-state index contributed by atoms with van der Waals surface area (Å²) in [5.41, 5.74) is 0.490. The number of nitro groups is 1. The molecule has 0 heterocycles. The fraction of sp³-hybridized carbons (Fsp3) is 0. The molecule has 1 amide bonds. The summed E-state index contributed by atoms with van der Waals surface area (Å²) < 4.78 is 0. The van der Waals surface area contributed by atoms with Crippen LogP contribution in [0.5, 0.6) is 0 Å². The standard InChI is InChI=1S/C16H9Cl2N3O3/c17-12-3-6-14(18)15(8-12)20-16(22)11(9-19)7-10-1-4-13(5-2-10)21(23)24/h1-8H,(H,20,22)/b11-7+. The van der Waals surface area contributed by atoms with Crippen LogP contribution >= 0.6 is 23.2 Å². The van der Waals surface area contributed by atoms with Gasteiger partial charge in [0.15, 0.2) is 0 Å². The molecule has 2 rings (SSSR count). The highest BCUT2D eigenvalue weighted by Gasteiger charge is 2.12. The average molecular weight is 362 g/mol. The third-order valence-corrected chi connectivity index (χ3v) is 3.52. The van der Waals surface area contributed by atoms with Crippen LogP contribution in [0.1, 0.15) is 5.56 Å². The fourth-order valence-electron chi connectivity index (χ4n) is 1.79. The van der Waals surface area contributed by atoms with E-state index in [1.165, 1.54) is 42.5 Å². The van der Waals surface area contributed by atoms with Crippen molar-refractivity contribution >= 4 is 46.6 Å². The maximum Gasteiger partial charge on any atom is 0.269 e. The smallest absolute Gasteiger partial charge is 0.269 e. The van der Waals surface area contributed by atoms with Crippen LogP contribution in [0.3, 0.4) is 0 Å². The summed E-state index contributed by atoms with van der Waals surface area (Å²) in [6, 6.07) is 11.8. The van der Waals surface area contributed by atoms with E-state index in [9.17, 15) is 14.9 Å². The van der Waals surface area contributed by atoms with E-state index in [0.717, 1.165) is 0 Å². The number of halogens is 2. The molecule has 0 spiro atoms. The summed E-state index contributed by atoms with van der Waals surface area (Å²) >= 11 is 11.8. The molecule has 8 heteroatoms. The van der Waals surface area contributed by atoms with Gasteiger partial charge in [0.25, 0.3) is 11.6 Å². The van der Waals surface area contributed by atoms with Gasteiger partial charge in [-0.2, -0.15) is 5.26 Å². The topological polar surface area (TPSA) is 96.0 Å². The number of nitrogens with one attached hydrogen (secondary N) is 1. The Hall–Kier alpha value is -2.88. The van der Waals surface area contributed by atoms with Gasteiger partial charge < -0.3 is 5.32 Å². The highest BCUT2D eigenvalue weighted by molar-refractivity contribution is 6.36. The van der Waals surface area contributed by atoms with Gasteiger partial charge in [0.2, 0.25) is 0 Å². The van der Waals surface area contributed by atoms with Crippen molar-refractivity contribution < 1.29 is 9.72 Å². The molecule has 6 nitrogen and oxygen atoms in total. The Morgan fingerprint density at radius 2 is 1.88 bits per heavy atom. The molecule has 0 aromatic heterocycles. The number of hydrogen-bond acceptors (Lipinski definition) is 4. The van der Waals surface area contributed by atoms with Gasteiger partial charge in [-0.25, -0.2) is 0 Å². The second kappa shape index (κ2) is 7.59. The van der Waals surface area contributed by atoms with Crippen LogP contribution in [-0.2, 0) is 4.79 Å². The number of carbonyl (C=O) groups excluding carboxylic acids is 1. The Morgan fingerprint density at radius 1 is 1.21 bits per heavy atom. The molecule has 0 aliphatic heterocycles. The lowest BCUT2D eigenvalue weighted by atomic mass is 10.1. The molecule has 0 aliphatic rings. The summed E-state index contributed by atoms with van der Waals surface area (Å²) in [4.78, 5) is 22.3. The van der Waals surface area contributed by atoms with E-state index in [1.807, 2.05) is 0 Å². The van der Waals surface area contributed by atoms with Crippen molar-refractivity contribution in [3.63, 3.8) is 0 Å². The quantitative estimate of drug-likeness (QED) is 0.376. The molecular weight excluding hydrogens is 353 g/mol. The summed E-state index contributed by atoms with van der Waals surface area (Å²) in [6.45, 7) is 0. The molecule has 0 fully saturated rings. The van der Waals surface area contributed by atoms with E-state index < -0.39 is 10.8 Å². The summed E-state index contributed by atoms with van der Waals surface area (Å²) in [5, 5.41) is 22.9. The van der Waals surface area contributed by atoms with E-state index in [2.05, 4.69) is 5.32 Å². The minimum atomic E-state index is -0.667. The second-order valence-corrected chi connectivity index (χ2v) is 5.44. The molecule has 0 radical (unpaired) electrons. The van der Waals surface area contributed by atoms with Crippen molar-refractivity contribution in [1.29, 1.82) is 5.26 Å². The molecular formula is C16H9Cl2N3O3. The molecule has 0 bridgehead atoms. The van der Waals surface area contributed by atoms with Crippen LogP contribution in [0, 0.1) is 21.4 Å². The van der Waals surface area contributed by atoms with Gasteiger partial charge in [0, 0.05) is 17.2 Å². The zero-order valence-electron chi connectivity index (χ0n) is 12.0. The minimum Gasteiger partial charge on any atom is -0.320 e. The average Bonchev–Trinajstić information content (AvgIpc) is 2.56. The highest BCUT2D eigenvalue weighted by atomic mass is 35.5. The summed E-state index contributed by atoms with van der Waals surface area (Å²) in [6.07, 6.45) is 1.32.